The molecule has 0 aliphatic rings. The van der Waals surface area contributed by atoms with Crippen LogP contribution in [0.4, 0.5) is 0 Å². The minimum atomic E-state index is 0.0463. The molecule has 2 aromatic rings. The standard InChI is InChI=1S/C14H18BrN3O/c1-4-13-16-12-6-5-10(15)9-11(12)14(19)18(13)8-7-17(2)3/h5-6,9H,4,7-8H2,1-3H3. The second kappa shape index (κ2) is 5.84. The Morgan fingerprint density at radius 3 is 2.74 bits per heavy atom. The Kier molecular flexibility index (Phi) is 4.37. The zero-order chi connectivity index (χ0) is 14.0. The lowest BCUT2D eigenvalue weighted by Crippen LogP contribution is -2.30. The Hall–Kier alpha value is -1.20. The predicted molar refractivity (Wildman–Crippen MR) is 81.6 cm³/mol. The fourth-order valence-electron chi connectivity index (χ4n) is 2.04. The molecule has 0 saturated carbocycles. The molecule has 0 aliphatic heterocycles. The Balaban J connectivity index is 2.60. The lowest BCUT2D eigenvalue weighted by molar-refractivity contribution is 0.376. The number of fused-ring (bicyclic) bond motifs is 1. The summed E-state index contributed by atoms with van der Waals surface area (Å²) in [7, 11) is 4.00. The van der Waals surface area contributed by atoms with Gasteiger partial charge in [0.2, 0.25) is 0 Å². The van der Waals surface area contributed by atoms with Gasteiger partial charge in [0, 0.05) is 24.0 Å². The fraction of sp³-hybridized carbons (Fsp3) is 0.429. The van der Waals surface area contributed by atoms with Crippen molar-refractivity contribution >= 4 is 26.8 Å². The number of likely N-dealkylation sites (N-methyl/N-ethyl adjacent to an activating group) is 1. The molecule has 19 heavy (non-hydrogen) atoms. The summed E-state index contributed by atoms with van der Waals surface area (Å²) in [5, 5.41) is 0.672. The van der Waals surface area contributed by atoms with Crippen LogP contribution in [0.3, 0.4) is 0 Å². The first-order valence-electron chi connectivity index (χ1n) is 6.36. The zero-order valence-electron chi connectivity index (χ0n) is 11.5. The number of hydrogen-bond donors (Lipinski definition) is 0. The van der Waals surface area contributed by atoms with Crippen molar-refractivity contribution in [2.45, 2.75) is 19.9 Å². The number of rotatable bonds is 4. The van der Waals surface area contributed by atoms with Gasteiger partial charge >= 0.3 is 0 Å². The highest BCUT2D eigenvalue weighted by Gasteiger charge is 2.10. The van der Waals surface area contributed by atoms with Crippen LogP contribution in [0.15, 0.2) is 27.5 Å². The van der Waals surface area contributed by atoms with Crippen molar-refractivity contribution in [3.05, 3.63) is 38.9 Å². The molecular formula is C14H18BrN3O. The van der Waals surface area contributed by atoms with Crippen LogP contribution < -0.4 is 5.56 Å². The molecule has 0 unspecified atom stereocenters. The fourth-order valence-corrected chi connectivity index (χ4v) is 2.40. The van der Waals surface area contributed by atoms with Gasteiger partial charge in [0.25, 0.3) is 5.56 Å². The lowest BCUT2D eigenvalue weighted by Gasteiger charge is -2.15. The van der Waals surface area contributed by atoms with Crippen molar-refractivity contribution < 1.29 is 0 Å². The maximum absolute atomic E-state index is 12.6. The van der Waals surface area contributed by atoms with Crippen LogP contribution in [0.25, 0.3) is 10.9 Å². The van der Waals surface area contributed by atoms with Gasteiger partial charge < -0.3 is 4.90 Å². The van der Waals surface area contributed by atoms with E-state index in [0.717, 1.165) is 28.8 Å². The van der Waals surface area contributed by atoms with Gasteiger partial charge in [0.1, 0.15) is 5.82 Å². The highest BCUT2D eigenvalue weighted by Crippen LogP contribution is 2.16. The molecule has 102 valence electrons. The van der Waals surface area contributed by atoms with Gasteiger partial charge in [-0.1, -0.05) is 22.9 Å². The summed E-state index contributed by atoms with van der Waals surface area (Å²) in [6, 6.07) is 5.64. The second-order valence-electron chi connectivity index (χ2n) is 4.80. The number of halogens is 1. The zero-order valence-corrected chi connectivity index (χ0v) is 13.1. The Bertz CT molecular complexity index is 649. The number of aromatic nitrogens is 2. The van der Waals surface area contributed by atoms with E-state index in [1.54, 1.807) is 4.57 Å². The van der Waals surface area contributed by atoms with Crippen LogP contribution in [0, 0.1) is 0 Å². The van der Waals surface area contributed by atoms with Crippen LogP contribution in [0.1, 0.15) is 12.7 Å². The molecule has 5 heteroatoms. The van der Waals surface area contributed by atoms with Gasteiger partial charge in [-0.15, -0.1) is 0 Å². The molecule has 1 aromatic carbocycles. The topological polar surface area (TPSA) is 38.1 Å². The molecule has 0 fully saturated rings. The molecular weight excluding hydrogens is 306 g/mol. The number of aryl methyl sites for hydroxylation is 1. The largest absolute Gasteiger partial charge is 0.308 e. The summed E-state index contributed by atoms with van der Waals surface area (Å²) < 4.78 is 2.69. The average molecular weight is 324 g/mol. The Morgan fingerprint density at radius 2 is 2.11 bits per heavy atom. The van der Waals surface area contributed by atoms with Crippen LogP contribution in [0.5, 0.6) is 0 Å². The van der Waals surface area contributed by atoms with Crippen molar-refractivity contribution in [2.75, 3.05) is 20.6 Å². The lowest BCUT2D eigenvalue weighted by atomic mass is 10.2. The molecule has 0 N–H and O–H groups in total. The minimum absolute atomic E-state index is 0.0463. The van der Waals surface area contributed by atoms with Crippen molar-refractivity contribution in [1.82, 2.24) is 14.5 Å². The summed E-state index contributed by atoms with van der Waals surface area (Å²) in [4.78, 5) is 19.2. The summed E-state index contributed by atoms with van der Waals surface area (Å²) in [6.45, 7) is 3.52. The van der Waals surface area contributed by atoms with E-state index in [0.29, 0.717) is 11.9 Å². The SMILES string of the molecule is CCc1nc2ccc(Br)cc2c(=O)n1CCN(C)C. The normalized spacial score (nSPS) is 11.4. The predicted octanol–water partition coefficient (Wildman–Crippen LogP) is 2.28. The smallest absolute Gasteiger partial charge is 0.261 e. The Labute approximate surface area is 121 Å². The van der Waals surface area contributed by atoms with Crippen LogP contribution >= 0.6 is 15.9 Å². The van der Waals surface area contributed by atoms with Gasteiger partial charge in [-0.05, 0) is 32.3 Å². The van der Waals surface area contributed by atoms with Crippen LogP contribution in [0.2, 0.25) is 0 Å². The van der Waals surface area contributed by atoms with Crippen LogP contribution in [-0.4, -0.2) is 35.1 Å². The van der Waals surface area contributed by atoms with Crippen LogP contribution in [-0.2, 0) is 13.0 Å². The number of benzene rings is 1. The second-order valence-corrected chi connectivity index (χ2v) is 5.72. The molecule has 0 amide bonds. The van der Waals surface area contributed by atoms with Gasteiger partial charge in [0.15, 0.2) is 0 Å². The molecule has 2 rings (SSSR count). The molecule has 1 heterocycles. The number of hydrogen-bond acceptors (Lipinski definition) is 3. The molecule has 0 aliphatic carbocycles. The summed E-state index contributed by atoms with van der Waals surface area (Å²) in [6.07, 6.45) is 0.759. The molecule has 0 bridgehead atoms. The van der Waals surface area contributed by atoms with E-state index in [2.05, 4.69) is 25.8 Å². The van der Waals surface area contributed by atoms with Crippen molar-refractivity contribution in [1.29, 1.82) is 0 Å². The third kappa shape index (κ3) is 3.04. The molecule has 1 aromatic heterocycles. The van der Waals surface area contributed by atoms with E-state index in [1.807, 2.05) is 39.2 Å². The molecule has 0 spiro atoms. The van der Waals surface area contributed by atoms with Crippen molar-refractivity contribution in [3.63, 3.8) is 0 Å². The van der Waals surface area contributed by atoms with Gasteiger partial charge in [-0.2, -0.15) is 0 Å². The van der Waals surface area contributed by atoms with E-state index in [1.165, 1.54) is 0 Å². The number of nitrogens with zero attached hydrogens (tertiary/aromatic N) is 3. The van der Waals surface area contributed by atoms with Crippen molar-refractivity contribution in [3.8, 4) is 0 Å². The van der Waals surface area contributed by atoms with E-state index in [4.69, 9.17) is 0 Å². The maximum Gasteiger partial charge on any atom is 0.261 e. The highest BCUT2D eigenvalue weighted by molar-refractivity contribution is 9.10. The maximum atomic E-state index is 12.6. The summed E-state index contributed by atoms with van der Waals surface area (Å²) in [5.41, 5.74) is 0.816. The van der Waals surface area contributed by atoms with Gasteiger partial charge in [-0.25, -0.2) is 4.98 Å². The van der Waals surface area contributed by atoms with E-state index >= 15 is 0 Å². The molecule has 0 atom stereocenters. The first kappa shape index (κ1) is 14.2. The first-order valence-corrected chi connectivity index (χ1v) is 7.16. The summed E-state index contributed by atoms with van der Waals surface area (Å²) >= 11 is 3.40. The van der Waals surface area contributed by atoms with E-state index in [9.17, 15) is 4.79 Å². The van der Waals surface area contributed by atoms with Gasteiger partial charge in [-0.3, -0.25) is 9.36 Å². The van der Waals surface area contributed by atoms with Gasteiger partial charge in [0.05, 0.1) is 10.9 Å². The van der Waals surface area contributed by atoms with E-state index < -0.39 is 0 Å². The highest BCUT2D eigenvalue weighted by atomic mass is 79.9. The first-order chi connectivity index (χ1) is 9.02. The molecule has 4 nitrogen and oxygen atoms in total. The average Bonchev–Trinajstić information content (AvgIpc) is 2.37. The molecule has 0 saturated heterocycles. The molecule has 0 radical (unpaired) electrons. The monoisotopic (exact) mass is 323 g/mol. The third-order valence-electron chi connectivity index (χ3n) is 3.08. The minimum Gasteiger partial charge on any atom is -0.308 e. The van der Waals surface area contributed by atoms with Crippen molar-refractivity contribution in [2.24, 2.45) is 0 Å². The Morgan fingerprint density at radius 1 is 1.37 bits per heavy atom. The third-order valence-corrected chi connectivity index (χ3v) is 3.58. The van der Waals surface area contributed by atoms with E-state index in [-0.39, 0.29) is 5.56 Å². The summed E-state index contributed by atoms with van der Waals surface area (Å²) in [5.74, 6) is 0.849. The quantitative estimate of drug-likeness (QED) is 0.866.